The summed E-state index contributed by atoms with van der Waals surface area (Å²) >= 11 is 0. The summed E-state index contributed by atoms with van der Waals surface area (Å²) in [7, 11) is 0. The first-order chi connectivity index (χ1) is 12.6. The molecule has 2 heterocycles. The molecule has 26 heavy (non-hydrogen) atoms. The molecular formula is C20H22N2O4. The van der Waals surface area contributed by atoms with Crippen LogP contribution in [-0.4, -0.2) is 40.0 Å². The van der Waals surface area contributed by atoms with E-state index in [1.54, 1.807) is 23.2 Å². The van der Waals surface area contributed by atoms with Gasteiger partial charge in [0.15, 0.2) is 11.4 Å². The van der Waals surface area contributed by atoms with E-state index < -0.39 is 5.97 Å². The van der Waals surface area contributed by atoms with Crippen LogP contribution in [0.25, 0.3) is 0 Å². The molecular weight excluding hydrogens is 332 g/mol. The van der Waals surface area contributed by atoms with Crippen LogP contribution in [0.3, 0.4) is 0 Å². The zero-order chi connectivity index (χ0) is 18.4. The van der Waals surface area contributed by atoms with Gasteiger partial charge in [0.25, 0.3) is 5.91 Å². The van der Waals surface area contributed by atoms with E-state index in [1.807, 2.05) is 30.3 Å². The molecule has 0 radical (unpaired) electrons. The number of piperidine rings is 1. The van der Waals surface area contributed by atoms with Crippen LogP contribution in [0.1, 0.15) is 36.2 Å². The molecule has 6 heteroatoms. The van der Waals surface area contributed by atoms with E-state index in [1.165, 1.54) is 0 Å². The van der Waals surface area contributed by atoms with Crippen LogP contribution in [0, 0.1) is 5.92 Å². The average molecular weight is 354 g/mol. The summed E-state index contributed by atoms with van der Waals surface area (Å²) in [5.74, 6) is 0.322. The number of amides is 1. The molecule has 1 amide bonds. The van der Waals surface area contributed by atoms with Gasteiger partial charge in [-0.25, -0.2) is 4.98 Å². The van der Waals surface area contributed by atoms with Crippen molar-refractivity contribution in [3.05, 3.63) is 54.4 Å². The highest BCUT2D eigenvalue weighted by molar-refractivity contribution is 5.95. The Labute approximate surface area is 152 Å². The third-order valence-corrected chi connectivity index (χ3v) is 4.52. The second-order valence-corrected chi connectivity index (χ2v) is 6.46. The Hall–Kier alpha value is -2.89. The normalized spacial score (nSPS) is 16.9. The first-order valence-corrected chi connectivity index (χ1v) is 8.82. The number of carboxylic acid groups (broad SMARTS) is 1. The van der Waals surface area contributed by atoms with Crippen molar-refractivity contribution in [3.8, 4) is 11.5 Å². The van der Waals surface area contributed by atoms with Crippen molar-refractivity contribution in [1.29, 1.82) is 0 Å². The van der Waals surface area contributed by atoms with Crippen molar-refractivity contribution in [2.24, 2.45) is 5.92 Å². The van der Waals surface area contributed by atoms with Gasteiger partial charge in [-0.2, -0.15) is 0 Å². The number of pyridine rings is 1. The highest BCUT2D eigenvalue weighted by atomic mass is 16.5. The number of likely N-dealkylation sites (tertiary alicyclic amines) is 1. The Morgan fingerprint density at radius 1 is 1.19 bits per heavy atom. The van der Waals surface area contributed by atoms with Crippen molar-refractivity contribution >= 4 is 11.9 Å². The van der Waals surface area contributed by atoms with Crippen LogP contribution >= 0.6 is 0 Å². The maximum atomic E-state index is 13.0. The fourth-order valence-electron chi connectivity index (χ4n) is 3.21. The number of hydrogen-bond donors (Lipinski definition) is 1. The molecule has 136 valence electrons. The molecule has 1 atom stereocenters. The summed E-state index contributed by atoms with van der Waals surface area (Å²) in [5, 5.41) is 8.87. The van der Waals surface area contributed by atoms with E-state index in [-0.39, 0.29) is 23.9 Å². The number of aliphatic carboxylic acids is 1. The van der Waals surface area contributed by atoms with Gasteiger partial charge in [0.2, 0.25) is 0 Å². The number of nitrogens with zero attached hydrogens (tertiary/aromatic N) is 2. The summed E-state index contributed by atoms with van der Waals surface area (Å²) in [4.78, 5) is 29.8. The van der Waals surface area contributed by atoms with Gasteiger partial charge in [0.1, 0.15) is 5.75 Å². The maximum Gasteiger partial charge on any atom is 0.303 e. The third kappa shape index (κ3) is 4.59. The molecule has 0 aliphatic carbocycles. The number of aromatic nitrogens is 1. The first kappa shape index (κ1) is 17.9. The molecule has 3 rings (SSSR count). The second kappa shape index (κ2) is 8.47. The summed E-state index contributed by atoms with van der Waals surface area (Å²) in [6.45, 7) is 1.22. The third-order valence-electron chi connectivity index (χ3n) is 4.52. The van der Waals surface area contributed by atoms with Gasteiger partial charge < -0.3 is 14.7 Å². The van der Waals surface area contributed by atoms with Gasteiger partial charge in [-0.05, 0) is 49.4 Å². The Kier molecular flexibility index (Phi) is 5.84. The van der Waals surface area contributed by atoms with Gasteiger partial charge in [-0.15, -0.1) is 0 Å². The van der Waals surface area contributed by atoms with Gasteiger partial charge in [0.05, 0.1) is 0 Å². The lowest BCUT2D eigenvalue weighted by molar-refractivity contribution is -0.137. The van der Waals surface area contributed by atoms with Gasteiger partial charge >= 0.3 is 5.97 Å². The van der Waals surface area contributed by atoms with E-state index in [2.05, 4.69) is 4.98 Å². The van der Waals surface area contributed by atoms with Crippen LogP contribution in [0.2, 0.25) is 0 Å². The van der Waals surface area contributed by atoms with E-state index in [4.69, 9.17) is 9.84 Å². The van der Waals surface area contributed by atoms with Crippen LogP contribution in [0.4, 0.5) is 0 Å². The van der Waals surface area contributed by atoms with Crippen molar-refractivity contribution in [3.63, 3.8) is 0 Å². The number of para-hydroxylation sites is 1. The Balaban J connectivity index is 1.72. The zero-order valence-corrected chi connectivity index (χ0v) is 14.5. The number of carbonyl (C=O) groups excluding carboxylic acids is 1. The number of carboxylic acids is 1. The summed E-state index contributed by atoms with van der Waals surface area (Å²) in [5.41, 5.74) is 0.287. The summed E-state index contributed by atoms with van der Waals surface area (Å²) < 4.78 is 5.84. The number of carbonyl (C=O) groups is 2. The quantitative estimate of drug-likeness (QED) is 0.857. The van der Waals surface area contributed by atoms with E-state index in [0.717, 1.165) is 12.8 Å². The highest BCUT2D eigenvalue weighted by Crippen LogP contribution is 2.27. The summed E-state index contributed by atoms with van der Waals surface area (Å²) in [6, 6.07) is 12.7. The fourth-order valence-corrected chi connectivity index (χ4v) is 3.21. The lowest BCUT2D eigenvalue weighted by Crippen LogP contribution is -2.40. The number of benzene rings is 1. The molecule has 1 unspecified atom stereocenters. The van der Waals surface area contributed by atoms with Crippen LogP contribution < -0.4 is 4.74 Å². The smallest absolute Gasteiger partial charge is 0.303 e. The summed E-state index contributed by atoms with van der Waals surface area (Å²) in [6.07, 6.45) is 4.13. The first-order valence-electron chi connectivity index (χ1n) is 8.82. The number of hydrogen-bond acceptors (Lipinski definition) is 4. The molecule has 6 nitrogen and oxygen atoms in total. The predicted molar refractivity (Wildman–Crippen MR) is 96.3 cm³/mol. The number of rotatable bonds is 6. The van der Waals surface area contributed by atoms with E-state index >= 15 is 0 Å². The molecule has 1 fully saturated rings. The van der Waals surface area contributed by atoms with Crippen LogP contribution in [-0.2, 0) is 4.79 Å². The van der Waals surface area contributed by atoms with E-state index in [0.29, 0.717) is 31.0 Å². The van der Waals surface area contributed by atoms with Crippen LogP contribution in [0.5, 0.6) is 11.5 Å². The number of ether oxygens (including phenoxy) is 1. The Bertz CT molecular complexity index is 763. The van der Waals surface area contributed by atoms with Crippen molar-refractivity contribution < 1.29 is 19.4 Å². The van der Waals surface area contributed by atoms with Crippen LogP contribution in [0.15, 0.2) is 48.7 Å². The molecule has 1 aliphatic rings. The minimum atomic E-state index is -0.795. The second-order valence-electron chi connectivity index (χ2n) is 6.46. The molecule has 1 saturated heterocycles. The van der Waals surface area contributed by atoms with Crippen molar-refractivity contribution in [2.75, 3.05) is 13.1 Å². The molecule has 1 aromatic carbocycles. The van der Waals surface area contributed by atoms with Crippen molar-refractivity contribution in [2.45, 2.75) is 25.7 Å². The Morgan fingerprint density at radius 3 is 2.77 bits per heavy atom. The average Bonchev–Trinajstić information content (AvgIpc) is 2.67. The standard InChI is InChI=1S/C20H22N2O4/c23-18(24)11-10-15-6-5-13-22(14-15)20(25)19-17(9-4-12-21-19)26-16-7-2-1-3-8-16/h1-4,7-9,12,15H,5-6,10-11,13-14H2,(H,23,24). The van der Waals surface area contributed by atoms with Gasteiger partial charge in [0, 0.05) is 25.7 Å². The topological polar surface area (TPSA) is 79.7 Å². The highest BCUT2D eigenvalue weighted by Gasteiger charge is 2.27. The molecule has 2 aromatic rings. The molecule has 1 N–H and O–H groups in total. The predicted octanol–water partition coefficient (Wildman–Crippen LogP) is 3.59. The molecule has 0 bridgehead atoms. The van der Waals surface area contributed by atoms with Gasteiger partial charge in [-0.3, -0.25) is 9.59 Å². The maximum absolute atomic E-state index is 13.0. The SMILES string of the molecule is O=C(O)CCC1CCCN(C(=O)c2ncccc2Oc2ccccc2)C1. The minimum Gasteiger partial charge on any atom is -0.481 e. The molecule has 1 aromatic heterocycles. The molecule has 0 spiro atoms. The zero-order valence-electron chi connectivity index (χ0n) is 14.5. The Morgan fingerprint density at radius 2 is 2.00 bits per heavy atom. The lowest BCUT2D eigenvalue weighted by Gasteiger charge is -2.32. The fraction of sp³-hybridized carbons (Fsp3) is 0.350. The van der Waals surface area contributed by atoms with E-state index in [9.17, 15) is 9.59 Å². The molecule has 1 aliphatic heterocycles. The van der Waals surface area contributed by atoms with Gasteiger partial charge in [-0.1, -0.05) is 18.2 Å². The monoisotopic (exact) mass is 354 g/mol. The van der Waals surface area contributed by atoms with Crippen molar-refractivity contribution in [1.82, 2.24) is 9.88 Å². The lowest BCUT2D eigenvalue weighted by atomic mass is 9.93. The molecule has 0 saturated carbocycles. The minimum absolute atomic E-state index is 0.138. The largest absolute Gasteiger partial charge is 0.481 e.